The van der Waals surface area contributed by atoms with Crippen molar-refractivity contribution in [3.8, 4) is 0 Å². The maximum atomic E-state index is 13.5. The number of hydrogen-bond donors (Lipinski definition) is 0. The van der Waals surface area contributed by atoms with Gasteiger partial charge in [-0.2, -0.15) is 0 Å². The Hall–Kier alpha value is -1.75. The first kappa shape index (κ1) is 17.7. The summed E-state index contributed by atoms with van der Waals surface area (Å²) in [5.74, 6) is 1.03. The summed E-state index contributed by atoms with van der Waals surface area (Å²) in [4.78, 5) is 17.5. The van der Waals surface area contributed by atoms with E-state index >= 15 is 0 Å². The maximum absolute atomic E-state index is 13.5. The van der Waals surface area contributed by atoms with Gasteiger partial charge in [-0.15, -0.1) is 0 Å². The van der Waals surface area contributed by atoms with E-state index in [2.05, 4.69) is 17.0 Å². The fourth-order valence-electron chi connectivity index (χ4n) is 4.63. The minimum atomic E-state index is -0.0387. The quantitative estimate of drug-likeness (QED) is 0.734. The van der Waals surface area contributed by atoms with Crippen molar-refractivity contribution < 1.29 is 9.32 Å². The fraction of sp³-hybridized carbons (Fsp3) is 0.524. The Morgan fingerprint density at radius 3 is 2.81 bits per heavy atom. The molecule has 0 spiro atoms. The Bertz CT molecular complexity index is 787. The zero-order chi connectivity index (χ0) is 18.1. The number of rotatable bonds is 3. The topological polar surface area (TPSA) is 46.3 Å². The molecule has 4 rings (SSSR count). The molecule has 5 heteroatoms. The molecule has 2 unspecified atom stereocenters. The van der Waals surface area contributed by atoms with E-state index in [0.29, 0.717) is 11.7 Å². The zero-order valence-corrected chi connectivity index (χ0v) is 16.3. The summed E-state index contributed by atoms with van der Waals surface area (Å²) < 4.78 is 5.55. The third kappa shape index (κ3) is 3.07. The highest BCUT2D eigenvalue weighted by Gasteiger charge is 2.47. The largest absolute Gasteiger partial charge is 0.349 e. The first-order chi connectivity index (χ1) is 12.6. The van der Waals surface area contributed by atoms with Crippen LogP contribution in [0.5, 0.6) is 0 Å². The van der Waals surface area contributed by atoms with Crippen molar-refractivity contribution in [3.05, 3.63) is 41.8 Å². The van der Waals surface area contributed by atoms with Crippen LogP contribution in [0.25, 0.3) is 0 Å². The number of hydrogen-bond acceptors (Lipinski definition) is 4. The highest BCUT2D eigenvalue weighted by molar-refractivity contribution is 7.99. The van der Waals surface area contributed by atoms with Crippen LogP contribution in [0.15, 0.2) is 44.6 Å². The summed E-state index contributed by atoms with van der Waals surface area (Å²) in [6, 6.07) is 10.1. The molecule has 2 fully saturated rings. The lowest BCUT2D eigenvalue weighted by atomic mass is 9.68. The highest BCUT2D eigenvalue weighted by atomic mass is 32.2. The highest BCUT2D eigenvalue weighted by Crippen LogP contribution is 2.45. The van der Waals surface area contributed by atoms with Gasteiger partial charge in [-0.25, -0.2) is 0 Å². The van der Waals surface area contributed by atoms with Gasteiger partial charge in [0, 0.05) is 17.0 Å². The normalized spacial score (nSPS) is 25.8. The number of aryl methyl sites for hydroxylation is 1. The number of amides is 1. The summed E-state index contributed by atoms with van der Waals surface area (Å²) in [6.45, 7) is 5.01. The Balaban J connectivity index is 1.64. The van der Waals surface area contributed by atoms with Gasteiger partial charge in [0.25, 0.3) is 5.91 Å². The average Bonchev–Trinajstić information content (AvgIpc) is 3.01. The van der Waals surface area contributed by atoms with Gasteiger partial charge in [0.2, 0.25) is 5.76 Å². The number of fused-ring (bicyclic) bond motifs is 1. The Labute approximate surface area is 159 Å². The molecular weight excluding hydrogens is 344 g/mol. The second-order valence-electron chi connectivity index (χ2n) is 7.74. The van der Waals surface area contributed by atoms with E-state index in [9.17, 15) is 4.79 Å². The van der Waals surface area contributed by atoms with Gasteiger partial charge in [0.05, 0.1) is 10.6 Å². The van der Waals surface area contributed by atoms with E-state index in [1.807, 2.05) is 37.3 Å². The summed E-state index contributed by atoms with van der Waals surface area (Å²) in [5.41, 5.74) is 0.743. The Morgan fingerprint density at radius 2 is 2.00 bits per heavy atom. The van der Waals surface area contributed by atoms with E-state index in [1.54, 1.807) is 11.8 Å². The zero-order valence-electron chi connectivity index (χ0n) is 15.5. The number of carbonyl (C=O) groups is 1. The standard InChI is InChI=1S/C21H26N2O2S/c1-15-19(26-17-11-4-3-5-12-17)18(25-22-15)20(24)23-14-8-10-16-9-6-7-13-21(16,23)2/h3-5,11-12,16H,6-10,13-14H2,1-2H3. The first-order valence-electron chi connectivity index (χ1n) is 9.61. The Morgan fingerprint density at radius 1 is 1.23 bits per heavy atom. The molecule has 1 saturated carbocycles. The number of aromatic nitrogens is 1. The van der Waals surface area contributed by atoms with Crippen molar-refractivity contribution in [2.45, 2.75) is 67.7 Å². The molecule has 1 aliphatic heterocycles. The summed E-state index contributed by atoms with van der Waals surface area (Å²) in [6.07, 6.45) is 7.15. The number of piperidine rings is 1. The minimum Gasteiger partial charge on any atom is -0.349 e. The average molecular weight is 371 g/mol. The number of benzene rings is 1. The van der Waals surface area contributed by atoms with E-state index in [-0.39, 0.29) is 11.4 Å². The lowest BCUT2D eigenvalue weighted by molar-refractivity contribution is -0.0124. The van der Waals surface area contributed by atoms with Crippen molar-refractivity contribution >= 4 is 17.7 Å². The third-order valence-electron chi connectivity index (χ3n) is 6.13. The van der Waals surface area contributed by atoms with Crippen molar-refractivity contribution in [2.75, 3.05) is 6.54 Å². The molecule has 138 valence electrons. The third-order valence-corrected chi connectivity index (χ3v) is 7.32. The lowest BCUT2D eigenvalue weighted by Gasteiger charge is -2.52. The summed E-state index contributed by atoms with van der Waals surface area (Å²) in [7, 11) is 0. The van der Waals surface area contributed by atoms with E-state index in [0.717, 1.165) is 34.9 Å². The molecule has 2 atom stereocenters. The number of likely N-dealkylation sites (tertiary alicyclic amines) is 1. The van der Waals surface area contributed by atoms with Gasteiger partial charge >= 0.3 is 0 Å². The van der Waals surface area contributed by atoms with Crippen LogP contribution in [-0.2, 0) is 0 Å². The van der Waals surface area contributed by atoms with Crippen molar-refractivity contribution in [1.29, 1.82) is 0 Å². The SMILES string of the molecule is Cc1noc(C(=O)N2CCCC3CCCCC32C)c1Sc1ccccc1. The van der Waals surface area contributed by atoms with Crippen LogP contribution in [0.2, 0.25) is 0 Å². The molecule has 1 aromatic carbocycles. The smallest absolute Gasteiger partial charge is 0.294 e. The summed E-state index contributed by atoms with van der Waals surface area (Å²) >= 11 is 1.56. The molecule has 0 N–H and O–H groups in total. The molecule has 2 aliphatic rings. The number of carbonyl (C=O) groups excluding carboxylic acids is 1. The molecule has 2 heterocycles. The number of nitrogens with zero attached hydrogens (tertiary/aromatic N) is 2. The minimum absolute atomic E-state index is 0.0122. The predicted octanol–water partition coefficient (Wildman–Crippen LogP) is 5.32. The Kier molecular flexibility index (Phi) is 4.82. The van der Waals surface area contributed by atoms with Crippen LogP contribution >= 0.6 is 11.8 Å². The van der Waals surface area contributed by atoms with Crippen molar-refractivity contribution in [1.82, 2.24) is 10.1 Å². The van der Waals surface area contributed by atoms with Crippen LogP contribution in [0, 0.1) is 12.8 Å². The van der Waals surface area contributed by atoms with E-state index < -0.39 is 0 Å². The van der Waals surface area contributed by atoms with Crippen LogP contribution in [0.3, 0.4) is 0 Å². The molecule has 1 saturated heterocycles. The van der Waals surface area contributed by atoms with Crippen LogP contribution in [0.1, 0.15) is 61.7 Å². The maximum Gasteiger partial charge on any atom is 0.294 e. The molecule has 1 aromatic heterocycles. The molecule has 1 amide bonds. The molecule has 1 aliphatic carbocycles. The van der Waals surface area contributed by atoms with E-state index in [1.165, 1.54) is 25.7 Å². The van der Waals surface area contributed by atoms with Gasteiger partial charge in [-0.05, 0) is 57.6 Å². The molecule has 0 radical (unpaired) electrons. The molecule has 2 aromatic rings. The van der Waals surface area contributed by atoms with Crippen molar-refractivity contribution in [3.63, 3.8) is 0 Å². The molecule has 4 nitrogen and oxygen atoms in total. The van der Waals surface area contributed by atoms with Gasteiger partial charge in [-0.1, -0.05) is 48.0 Å². The van der Waals surface area contributed by atoms with E-state index in [4.69, 9.17) is 4.52 Å². The van der Waals surface area contributed by atoms with Crippen LogP contribution in [-0.4, -0.2) is 28.0 Å². The summed E-state index contributed by atoms with van der Waals surface area (Å²) in [5, 5.41) is 4.11. The van der Waals surface area contributed by atoms with Crippen molar-refractivity contribution in [2.24, 2.45) is 5.92 Å². The van der Waals surface area contributed by atoms with Gasteiger partial charge in [0.15, 0.2) is 0 Å². The van der Waals surface area contributed by atoms with Crippen LogP contribution < -0.4 is 0 Å². The van der Waals surface area contributed by atoms with Crippen LogP contribution in [0.4, 0.5) is 0 Å². The second-order valence-corrected chi connectivity index (χ2v) is 8.82. The fourth-order valence-corrected chi connectivity index (χ4v) is 5.56. The molecule has 0 bridgehead atoms. The predicted molar refractivity (Wildman–Crippen MR) is 102 cm³/mol. The lowest BCUT2D eigenvalue weighted by Crippen LogP contribution is -2.58. The molecule has 26 heavy (non-hydrogen) atoms. The van der Waals surface area contributed by atoms with Gasteiger partial charge in [-0.3, -0.25) is 4.79 Å². The first-order valence-corrected chi connectivity index (χ1v) is 10.4. The monoisotopic (exact) mass is 370 g/mol. The van der Waals surface area contributed by atoms with Gasteiger partial charge in [0.1, 0.15) is 0 Å². The van der Waals surface area contributed by atoms with Gasteiger partial charge < -0.3 is 9.42 Å². The molecular formula is C21H26N2O2S. The second kappa shape index (κ2) is 7.10.